The zero-order valence-electron chi connectivity index (χ0n) is 20.2. The molecule has 0 saturated carbocycles. The van der Waals surface area contributed by atoms with E-state index in [9.17, 15) is 9.59 Å². The fraction of sp³-hybridized carbons (Fsp3) is 0.346. The van der Waals surface area contributed by atoms with E-state index in [0.717, 1.165) is 41.2 Å². The monoisotopic (exact) mass is 448 g/mol. The number of hydrogen-bond acceptors (Lipinski definition) is 5. The molecule has 0 aliphatic heterocycles. The van der Waals surface area contributed by atoms with Gasteiger partial charge in [0.05, 0.1) is 5.69 Å². The number of nitrogens with zero attached hydrogens (tertiary/aromatic N) is 3. The molecule has 1 unspecified atom stereocenters. The lowest BCUT2D eigenvalue weighted by Gasteiger charge is -2.22. The van der Waals surface area contributed by atoms with Crippen molar-refractivity contribution >= 4 is 17.3 Å². The minimum atomic E-state index is -0.801. The molecule has 0 aliphatic carbocycles. The summed E-state index contributed by atoms with van der Waals surface area (Å²) in [5.41, 5.74) is 5.40. The fourth-order valence-corrected chi connectivity index (χ4v) is 3.54. The van der Waals surface area contributed by atoms with Crippen LogP contribution in [0.25, 0.3) is 5.69 Å². The lowest BCUT2D eigenvalue weighted by atomic mass is 10.1. The van der Waals surface area contributed by atoms with Gasteiger partial charge in [-0.1, -0.05) is 6.07 Å². The Kier molecular flexibility index (Phi) is 7.53. The molecule has 0 bridgehead atoms. The molecule has 0 spiro atoms. The van der Waals surface area contributed by atoms with Crippen molar-refractivity contribution in [2.45, 2.75) is 47.6 Å². The summed E-state index contributed by atoms with van der Waals surface area (Å²) >= 11 is 0. The van der Waals surface area contributed by atoms with Gasteiger partial charge in [-0.25, -0.2) is 0 Å². The van der Waals surface area contributed by atoms with Crippen LogP contribution in [0.3, 0.4) is 0 Å². The maximum Gasteiger partial charge on any atom is 0.271 e. The summed E-state index contributed by atoms with van der Waals surface area (Å²) in [7, 11) is 0. The van der Waals surface area contributed by atoms with Crippen LogP contribution < -0.4 is 20.5 Å². The number of ether oxygens (including phenoxy) is 1. The van der Waals surface area contributed by atoms with Crippen LogP contribution in [-0.2, 0) is 4.79 Å². The highest BCUT2D eigenvalue weighted by Crippen LogP contribution is 2.23. The van der Waals surface area contributed by atoms with Crippen molar-refractivity contribution in [3.05, 3.63) is 75.6 Å². The number of aryl methyl sites for hydroxylation is 3. The van der Waals surface area contributed by atoms with E-state index in [1.807, 2.05) is 51.1 Å². The number of rotatable bonds is 8. The molecule has 1 atom stereocenters. The van der Waals surface area contributed by atoms with Crippen LogP contribution in [-0.4, -0.2) is 34.9 Å². The van der Waals surface area contributed by atoms with Gasteiger partial charge in [0.2, 0.25) is 5.88 Å². The maximum atomic E-state index is 12.8. The predicted molar refractivity (Wildman–Crippen MR) is 133 cm³/mol. The summed E-state index contributed by atoms with van der Waals surface area (Å²) in [4.78, 5) is 27.4. The molecule has 1 heterocycles. The van der Waals surface area contributed by atoms with E-state index >= 15 is 0 Å². The van der Waals surface area contributed by atoms with Crippen LogP contribution in [0, 0.1) is 20.8 Å². The van der Waals surface area contributed by atoms with E-state index in [0.29, 0.717) is 5.69 Å². The largest absolute Gasteiger partial charge is 0.463 e. The molecule has 1 amide bonds. The summed E-state index contributed by atoms with van der Waals surface area (Å²) < 4.78 is 7.05. The summed E-state index contributed by atoms with van der Waals surface area (Å²) in [5.74, 6) is -0.0940. The number of carbonyl (C=O) groups excluding carboxylic acids is 1. The minimum Gasteiger partial charge on any atom is -0.463 e. The molecule has 2 aromatic carbocycles. The van der Waals surface area contributed by atoms with Crippen LogP contribution in [0.5, 0.6) is 5.88 Å². The van der Waals surface area contributed by atoms with Crippen LogP contribution in [0.2, 0.25) is 0 Å². The number of amides is 1. The number of carbonyl (C=O) groups is 1. The van der Waals surface area contributed by atoms with Gasteiger partial charge < -0.3 is 15.0 Å². The van der Waals surface area contributed by atoms with Gasteiger partial charge in [0.25, 0.3) is 11.5 Å². The standard InChI is InChI=1S/C26H32N4O3/c1-7-29(8-2)21-11-12-23(19(5)16-21)27-26(32)20(6)33-24-13-14-25(31)30(28-24)22-10-9-17(3)18(4)15-22/h9-16,20H,7-8H2,1-6H3,(H,27,32). The van der Waals surface area contributed by atoms with Gasteiger partial charge in [-0.15, -0.1) is 5.10 Å². The normalized spacial score (nSPS) is 11.7. The van der Waals surface area contributed by atoms with Gasteiger partial charge >= 0.3 is 0 Å². The smallest absolute Gasteiger partial charge is 0.271 e. The van der Waals surface area contributed by atoms with Crippen LogP contribution in [0.4, 0.5) is 11.4 Å². The Hall–Kier alpha value is -3.61. The average molecular weight is 449 g/mol. The molecule has 0 saturated heterocycles. The summed E-state index contributed by atoms with van der Waals surface area (Å²) in [5, 5.41) is 7.23. The van der Waals surface area contributed by atoms with Crippen molar-refractivity contribution in [1.29, 1.82) is 0 Å². The third-order valence-corrected chi connectivity index (χ3v) is 5.77. The van der Waals surface area contributed by atoms with Crippen molar-refractivity contribution in [2.24, 2.45) is 0 Å². The molecule has 0 aliphatic rings. The quantitative estimate of drug-likeness (QED) is 0.552. The molecular weight excluding hydrogens is 416 g/mol. The van der Waals surface area contributed by atoms with E-state index in [-0.39, 0.29) is 17.3 Å². The van der Waals surface area contributed by atoms with Crippen molar-refractivity contribution in [3.8, 4) is 11.6 Å². The van der Waals surface area contributed by atoms with Crippen LogP contribution in [0.1, 0.15) is 37.5 Å². The number of hydrogen-bond donors (Lipinski definition) is 1. The lowest BCUT2D eigenvalue weighted by molar-refractivity contribution is -0.122. The Morgan fingerprint density at radius 2 is 1.73 bits per heavy atom. The molecule has 33 heavy (non-hydrogen) atoms. The zero-order valence-corrected chi connectivity index (χ0v) is 20.2. The third kappa shape index (κ3) is 5.61. The number of anilines is 2. The molecule has 3 aromatic rings. The number of benzene rings is 2. The number of aromatic nitrogens is 2. The Morgan fingerprint density at radius 3 is 2.36 bits per heavy atom. The second-order valence-corrected chi connectivity index (χ2v) is 8.11. The van der Waals surface area contributed by atoms with Gasteiger partial charge in [0.1, 0.15) is 0 Å². The van der Waals surface area contributed by atoms with Gasteiger partial charge in [-0.05, 0) is 88.6 Å². The maximum absolute atomic E-state index is 12.8. The van der Waals surface area contributed by atoms with Gasteiger partial charge in [-0.3, -0.25) is 9.59 Å². The average Bonchev–Trinajstić information content (AvgIpc) is 2.79. The van der Waals surface area contributed by atoms with Crippen molar-refractivity contribution in [3.63, 3.8) is 0 Å². The Labute approximate surface area is 195 Å². The molecule has 1 aromatic heterocycles. The Balaban J connectivity index is 1.74. The summed E-state index contributed by atoms with van der Waals surface area (Å²) in [6.07, 6.45) is -0.801. The molecular formula is C26H32N4O3. The second-order valence-electron chi connectivity index (χ2n) is 8.11. The highest BCUT2D eigenvalue weighted by atomic mass is 16.5. The minimum absolute atomic E-state index is 0.198. The van der Waals surface area contributed by atoms with E-state index in [2.05, 4.69) is 35.2 Å². The molecule has 174 valence electrons. The van der Waals surface area contributed by atoms with Gasteiger partial charge in [-0.2, -0.15) is 4.68 Å². The molecule has 3 rings (SSSR count). The zero-order chi connectivity index (χ0) is 24.1. The van der Waals surface area contributed by atoms with E-state index in [1.165, 1.54) is 16.8 Å². The van der Waals surface area contributed by atoms with Crippen molar-refractivity contribution in [2.75, 3.05) is 23.3 Å². The molecule has 0 radical (unpaired) electrons. The molecule has 7 nitrogen and oxygen atoms in total. The van der Waals surface area contributed by atoms with Crippen LogP contribution >= 0.6 is 0 Å². The first kappa shape index (κ1) is 24.0. The predicted octanol–water partition coefficient (Wildman–Crippen LogP) is 4.41. The fourth-order valence-electron chi connectivity index (χ4n) is 3.54. The first-order valence-corrected chi connectivity index (χ1v) is 11.2. The molecule has 0 fully saturated rings. The van der Waals surface area contributed by atoms with E-state index in [1.54, 1.807) is 6.92 Å². The first-order chi connectivity index (χ1) is 15.7. The van der Waals surface area contributed by atoms with Crippen molar-refractivity contribution < 1.29 is 9.53 Å². The summed E-state index contributed by atoms with van der Waals surface area (Å²) in [6, 6.07) is 14.5. The van der Waals surface area contributed by atoms with Gasteiger partial charge in [0.15, 0.2) is 6.10 Å². The second kappa shape index (κ2) is 10.3. The Bertz CT molecular complexity index is 1200. The Morgan fingerprint density at radius 1 is 1.00 bits per heavy atom. The van der Waals surface area contributed by atoms with Crippen molar-refractivity contribution in [1.82, 2.24) is 9.78 Å². The lowest BCUT2D eigenvalue weighted by Crippen LogP contribution is -2.31. The third-order valence-electron chi connectivity index (χ3n) is 5.77. The first-order valence-electron chi connectivity index (χ1n) is 11.2. The van der Waals surface area contributed by atoms with E-state index < -0.39 is 6.10 Å². The number of nitrogens with one attached hydrogen (secondary N) is 1. The van der Waals surface area contributed by atoms with Gasteiger partial charge in [0, 0.05) is 36.6 Å². The summed E-state index contributed by atoms with van der Waals surface area (Å²) in [6.45, 7) is 13.7. The SMILES string of the molecule is CCN(CC)c1ccc(NC(=O)C(C)Oc2ccc(=O)n(-c3ccc(C)c(C)c3)n2)c(C)c1. The topological polar surface area (TPSA) is 76.5 Å². The highest BCUT2D eigenvalue weighted by molar-refractivity contribution is 5.95. The molecule has 7 heteroatoms. The van der Waals surface area contributed by atoms with E-state index in [4.69, 9.17) is 4.74 Å². The molecule has 1 N–H and O–H groups in total. The highest BCUT2D eigenvalue weighted by Gasteiger charge is 2.18. The van der Waals surface area contributed by atoms with Crippen LogP contribution in [0.15, 0.2) is 53.3 Å².